The number of carbonyl (C=O) groups is 1. The van der Waals surface area contributed by atoms with Crippen LogP contribution in [0.4, 0.5) is 0 Å². The molecule has 2 aromatic rings. The summed E-state index contributed by atoms with van der Waals surface area (Å²) in [7, 11) is 0. The smallest absolute Gasteiger partial charge is 0.246 e. The van der Waals surface area contributed by atoms with Gasteiger partial charge in [0, 0.05) is 51.6 Å². The quantitative estimate of drug-likeness (QED) is 0.771. The van der Waals surface area contributed by atoms with E-state index in [9.17, 15) is 4.79 Å². The first-order chi connectivity index (χ1) is 12.7. The molecule has 2 aliphatic heterocycles. The summed E-state index contributed by atoms with van der Waals surface area (Å²) >= 11 is 6.21. The van der Waals surface area contributed by atoms with Crippen LogP contribution in [-0.2, 0) is 9.53 Å². The van der Waals surface area contributed by atoms with Crippen LogP contribution in [0.25, 0.3) is 11.7 Å². The molecule has 2 aliphatic rings. The first kappa shape index (κ1) is 17.5. The van der Waals surface area contributed by atoms with Crippen molar-refractivity contribution in [1.29, 1.82) is 0 Å². The first-order valence-electron chi connectivity index (χ1n) is 9.14. The number of piperazine rings is 1. The molecule has 0 spiro atoms. The standard InChI is InChI=1S/C19H23ClN4O2/c20-19-16(24-8-2-1-5-17(24)21-19)6-7-18(25)23-11-9-22(10-12-23)14-15-4-3-13-26-15/h1-2,5-8,15H,3-4,9-14H2. The summed E-state index contributed by atoms with van der Waals surface area (Å²) in [6.07, 6.45) is 7.93. The van der Waals surface area contributed by atoms with Crippen LogP contribution in [0, 0.1) is 0 Å². The molecule has 4 rings (SSSR count). The number of nitrogens with zero attached hydrogens (tertiary/aromatic N) is 4. The molecule has 2 aromatic heterocycles. The monoisotopic (exact) mass is 374 g/mol. The maximum Gasteiger partial charge on any atom is 0.246 e. The number of carbonyl (C=O) groups excluding carboxylic acids is 1. The highest BCUT2D eigenvalue weighted by molar-refractivity contribution is 6.31. The van der Waals surface area contributed by atoms with Gasteiger partial charge in [0.05, 0.1) is 11.8 Å². The molecular weight excluding hydrogens is 352 g/mol. The second-order valence-corrected chi connectivity index (χ2v) is 7.17. The van der Waals surface area contributed by atoms with Crippen LogP contribution in [-0.4, -0.2) is 70.5 Å². The summed E-state index contributed by atoms with van der Waals surface area (Å²) in [6, 6.07) is 5.71. The van der Waals surface area contributed by atoms with Crippen molar-refractivity contribution in [1.82, 2.24) is 19.2 Å². The lowest BCUT2D eigenvalue weighted by atomic mass is 10.2. The number of hydrogen-bond acceptors (Lipinski definition) is 4. The van der Waals surface area contributed by atoms with Crippen LogP contribution in [0.1, 0.15) is 18.5 Å². The van der Waals surface area contributed by atoms with E-state index in [0.29, 0.717) is 11.3 Å². The van der Waals surface area contributed by atoms with Gasteiger partial charge in [-0.05, 0) is 31.1 Å². The van der Waals surface area contributed by atoms with E-state index in [-0.39, 0.29) is 5.91 Å². The first-order valence-corrected chi connectivity index (χ1v) is 9.52. The number of ether oxygens (including phenoxy) is 1. The molecule has 0 N–H and O–H groups in total. The van der Waals surface area contributed by atoms with E-state index >= 15 is 0 Å². The zero-order valence-electron chi connectivity index (χ0n) is 14.7. The molecule has 2 saturated heterocycles. The molecule has 4 heterocycles. The molecular formula is C19H23ClN4O2. The van der Waals surface area contributed by atoms with Gasteiger partial charge in [0.2, 0.25) is 5.91 Å². The molecule has 0 saturated carbocycles. The van der Waals surface area contributed by atoms with Crippen molar-refractivity contribution < 1.29 is 9.53 Å². The largest absolute Gasteiger partial charge is 0.377 e. The second-order valence-electron chi connectivity index (χ2n) is 6.81. The van der Waals surface area contributed by atoms with Gasteiger partial charge >= 0.3 is 0 Å². The average Bonchev–Trinajstić information content (AvgIpc) is 3.27. The zero-order valence-corrected chi connectivity index (χ0v) is 15.4. The minimum atomic E-state index is 0.0173. The van der Waals surface area contributed by atoms with Gasteiger partial charge < -0.3 is 9.64 Å². The van der Waals surface area contributed by atoms with E-state index in [1.807, 2.05) is 33.7 Å². The van der Waals surface area contributed by atoms with Crippen molar-refractivity contribution in [2.45, 2.75) is 18.9 Å². The van der Waals surface area contributed by atoms with E-state index in [2.05, 4.69) is 9.88 Å². The predicted octanol–water partition coefficient (Wildman–Crippen LogP) is 2.32. The molecule has 0 radical (unpaired) electrons. The van der Waals surface area contributed by atoms with Gasteiger partial charge in [0.15, 0.2) is 5.15 Å². The fourth-order valence-electron chi connectivity index (χ4n) is 3.62. The summed E-state index contributed by atoms with van der Waals surface area (Å²) in [5.74, 6) is 0.0173. The number of fused-ring (bicyclic) bond motifs is 1. The maximum absolute atomic E-state index is 12.5. The lowest BCUT2D eigenvalue weighted by molar-refractivity contribution is -0.127. The lowest BCUT2D eigenvalue weighted by Crippen LogP contribution is -2.50. The van der Waals surface area contributed by atoms with E-state index in [1.54, 1.807) is 12.2 Å². The average molecular weight is 375 g/mol. The summed E-state index contributed by atoms with van der Waals surface area (Å²) in [5.41, 5.74) is 1.50. The van der Waals surface area contributed by atoms with E-state index in [0.717, 1.165) is 57.1 Å². The van der Waals surface area contributed by atoms with E-state index < -0.39 is 0 Å². The molecule has 1 unspecified atom stereocenters. The summed E-state index contributed by atoms with van der Waals surface area (Å²) in [6.45, 7) is 5.16. The molecule has 7 heteroatoms. The van der Waals surface area contributed by atoms with Crippen molar-refractivity contribution in [2.75, 3.05) is 39.3 Å². The topological polar surface area (TPSA) is 50.1 Å². The van der Waals surface area contributed by atoms with Gasteiger partial charge in [-0.15, -0.1) is 0 Å². The Hall–Kier alpha value is -1.89. The number of rotatable bonds is 4. The Balaban J connectivity index is 1.35. The van der Waals surface area contributed by atoms with Crippen LogP contribution in [0.15, 0.2) is 30.5 Å². The third kappa shape index (κ3) is 3.77. The molecule has 138 valence electrons. The number of aromatic nitrogens is 2. The normalized spacial score (nSPS) is 21.9. The third-order valence-corrected chi connectivity index (χ3v) is 5.35. The number of hydrogen-bond donors (Lipinski definition) is 0. The van der Waals surface area contributed by atoms with Crippen LogP contribution in [0.2, 0.25) is 5.15 Å². The number of imidazole rings is 1. The second kappa shape index (κ2) is 7.78. The van der Waals surface area contributed by atoms with Crippen LogP contribution >= 0.6 is 11.6 Å². The number of halogens is 1. The van der Waals surface area contributed by atoms with Crippen LogP contribution < -0.4 is 0 Å². The Morgan fingerprint density at radius 2 is 2.15 bits per heavy atom. The molecule has 0 aromatic carbocycles. The minimum Gasteiger partial charge on any atom is -0.377 e. The maximum atomic E-state index is 12.5. The van der Waals surface area contributed by atoms with E-state index in [4.69, 9.17) is 16.3 Å². The Morgan fingerprint density at radius 3 is 2.92 bits per heavy atom. The number of amides is 1. The Morgan fingerprint density at radius 1 is 1.31 bits per heavy atom. The molecule has 26 heavy (non-hydrogen) atoms. The summed E-state index contributed by atoms with van der Waals surface area (Å²) in [4.78, 5) is 21.1. The molecule has 1 atom stereocenters. The molecule has 2 fully saturated rings. The Kier molecular flexibility index (Phi) is 5.24. The summed E-state index contributed by atoms with van der Waals surface area (Å²) < 4.78 is 7.58. The van der Waals surface area contributed by atoms with Crippen molar-refractivity contribution >= 4 is 29.2 Å². The third-order valence-electron chi connectivity index (χ3n) is 5.08. The van der Waals surface area contributed by atoms with Gasteiger partial charge in [0.1, 0.15) is 5.65 Å². The molecule has 1 amide bonds. The van der Waals surface area contributed by atoms with Crippen LogP contribution in [0.3, 0.4) is 0 Å². The number of pyridine rings is 1. The predicted molar refractivity (Wildman–Crippen MR) is 101 cm³/mol. The zero-order chi connectivity index (χ0) is 17.9. The molecule has 0 aliphatic carbocycles. The Labute approximate surface area is 158 Å². The summed E-state index contributed by atoms with van der Waals surface area (Å²) in [5, 5.41) is 0.404. The van der Waals surface area contributed by atoms with Crippen molar-refractivity contribution in [3.05, 3.63) is 41.3 Å². The highest BCUT2D eigenvalue weighted by atomic mass is 35.5. The van der Waals surface area contributed by atoms with E-state index in [1.165, 1.54) is 6.42 Å². The molecule has 6 nitrogen and oxygen atoms in total. The lowest BCUT2D eigenvalue weighted by Gasteiger charge is -2.35. The van der Waals surface area contributed by atoms with Crippen molar-refractivity contribution in [3.8, 4) is 0 Å². The van der Waals surface area contributed by atoms with Gasteiger partial charge in [-0.2, -0.15) is 0 Å². The van der Waals surface area contributed by atoms with Gasteiger partial charge in [-0.25, -0.2) is 4.98 Å². The van der Waals surface area contributed by atoms with Gasteiger partial charge in [-0.1, -0.05) is 17.7 Å². The fourth-order valence-corrected chi connectivity index (χ4v) is 3.86. The Bertz CT molecular complexity index is 805. The van der Waals surface area contributed by atoms with Gasteiger partial charge in [0.25, 0.3) is 0 Å². The van der Waals surface area contributed by atoms with Crippen LogP contribution in [0.5, 0.6) is 0 Å². The van der Waals surface area contributed by atoms with Crippen molar-refractivity contribution in [2.24, 2.45) is 0 Å². The minimum absolute atomic E-state index is 0.0173. The molecule has 0 bridgehead atoms. The van der Waals surface area contributed by atoms with Gasteiger partial charge in [-0.3, -0.25) is 14.1 Å². The SMILES string of the molecule is O=C(C=Cc1c(Cl)nc2ccccn12)N1CCN(CC2CCCO2)CC1. The van der Waals surface area contributed by atoms with Crippen molar-refractivity contribution in [3.63, 3.8) is 0 Å². The fraction of sp³-hybridized carbons (Fsp3) is 0.474. The highest BCUT2D eigenvalue weighted by Crippen LogP contribution is 2.19. The highest BCUT2D eigenvalue weighted by Gasteiger charge is 2.24.